The van der Waals surface area contributed by atoms with Gasteiger partial charge in [-0.15, -0.1) is 0 Å². The molecule has 1 aromatic carbocycles. The lowest BCUT2D eigenvalue weighted by Gasteiger charge is -2.05. The number of nitrogen functional groups attached to an aromatic ring is 1. The Hall–Kier alpha value is -1.42. The number of nitrogens with zero attached hydrogens (tertiary/aromatic N) is 1. The molecule has 0 radical (unpaired) electrons. The molecule has 0 fully saturated rings. The Morgan fingerprint density at radius 2 is 2.12 bits per heavy atom. The monoisotopic (exact) mass is 280 g/mol. The maximum Gasteiger partial charge on any atom is 0.137 e. The summed E-state index contributed by atoms with van der Waals surface area (Å²) in [6.45, 7) is 0. The molecule has 0 aliphatic heterocycles. The summed E-state index contributed by atoms with van der Waals surface area (Å²) in [5, 5.41) is 0. The minimum Gasteiger partial charge on any atom is -0.383 e. The van der Waals surface area contributed by atoms with E-state index in [9.17, 15) is 4.39 Å². The van der Waals surface area contributed by atoms with Crippen LogP contribution < -0.4 is 5.73 Å². The Morgan fingerprint density at radius 3 is 2.81 bits per heavy atom. The van der Waals surface area contributed by atoms with Crippen LogP contribution >= 0.6 is 15.9 Å². The zero-order valence-electron chi connectivity index (χ0n) is 8.45. The third kappa shape index (κ3) is 2.39. The molecule has 0 saturated heterocycles. The molecule has 0 spiro atoms. The number of rotatable bonds is 2. The highest BCUT2D eigenvalue weighted by molar-refractivity contribution is 9.10. The number of pyridine rings is 1. The fourth-order valence-electron chi connectivity index (χ4n) is 1.47. The number of halogens is 2. The lowest BCUT2D eigenvalue weighted by molar-refractivity contribution is 0.620. The van der Waals surface area contributed by atoms with Crippen LogP contribution in [0.5, 0.6) is 0 Å². The predicted molar refractivity (Wildman–Crippen MR) is 65.6 cm³/mol. The van der Waals surface area contributed by atoms with Crippen LogP contribution in [-0.2, 0) is 6.42 Å². The van der Waals surface area contributed by atoms with E-state index in [4.69, 9.17) is 5.73 Å². The summed E-state index contributed by atoms with van der Waals surface area (Å²) in [5.41, 5.74) is 7.68. The molecular weight excluding hydrogens is 271 g/mol. The van der Waals surface area contributed by atoms with Crippen LogP contribution in [-0.4, -0.2) is 4.98 Å². The quantitative estimate of drug-likeness (QED) is 0.918. The lowest BCUT2D eigenvalue weighted by Crippen LogP contribution is -1.98. The van der Waals surface area contributed by atoms with Gasteiger partial charge in [0.05, 0.1) is 4.47 Å². The zero-order valence-corrected chi connectivity index (χ0v) is 10.0. The van der Waals surface area contributed by atoms with E-state index in [2.05, 4.69) is 20.9 Å². The second kappa shape index (κ2) is 4.61. The van der Waals surface area contributed by atoms with E-state index >= 15 is 0 Å². The van der Waals surface area contributed by atoms with Crippen LogP contribution in [0.25, 0.3) is 0 Å². The summed E-state index contributed by atoms with van der Waals surface area (Å²) in [4.78, 5) is 4.01. The van der Waals surface area contributed by atoms with Gasteiger partial charge in [0.25, 0.3) is 0 Å². The first-order valence-electron chi connectivity index (χ1n) is 4.80. The average molecular weight is 281 g/mol. The highest BCUT2D eigenvalue weighted by Gasteiger charge is 2.04. The van der Waals surface area contributed by atoms with Crippen molar-refractivity contribution in [2.45, 2.75) is 6.42 Å². The number of anilines is 1. The zero-order chi connectivity index (χ0) is 11.5. The summed E-state index contributed by atoms with van der Waals surface area (Å²) in [7, 11) is 0. The van der Waals surface area contributed by atoms with Crippen LogP contribution in [0.15, 0.2) is 41.0 Å². The maximum atomic E-state index is 13.0. The molecule has 1 aromatic heterocycles. The first-order valence-corrected chi connectivity index (χ1v) is 5.59. The number of benzene rings is 1. The molecule has 0 bridgehead atoms. The van der Waals surface area contributed by atoms with Gasteiger partial charge in [-0.25, -0.2) is 9.37 Å². The Labute approximate surface area is 101 Å². The van der Waals surface area contributed by atoms with Crippen molar-refractivity contribution in [2.75, 3.05) is 5.73 Å². The number of nitrogens with two attached hydrogens (primary N) is 1. The standard InChI is InChI=1S/C12H10BrFN2/c13-10-7-8(3-4-11(10)14)6-9-2-1-5-16-12(9)15/h1-5,7H,6H2,(H2,15,16). The van der Waals surface area contributed by atoms with Gasteiger partial charge in [-0.05, 0) is 45.3 Å². The van der Waals surface area contributed by atoms with Gasteiger partial charge in [-0.3, -0.25) is 0 Å². The highest BCUT2D eigenvalue weighted by atomic mass is 79.9. The molecule has 0 unspecified atom stereocenters. The minimum atomic E-state index is -0.261. The van der Waals surface area contributed by atoms with Crippen molar-refractivity contribution in [3.8, 4) is 0 Å². The molecule has 2 N–H and O–H groups in total. The molecule has 16 heavy (non-hydrogen) atoms. The molecule has 0 amide bonds. The summed E-state index contributed by atoms with van der Waals surface area (Å²) in [5.74, 6) is 0.255. The second-order valence-electron chi connectivity index (χ2n) is 3.47. The molecule has 0 atom stereocenters. The van der Waals surface area contributed by atoms with Gasteiger partial charge in [-0.1, -0.05) is 12.1 Å². The Morgan fingerprint density at radius 1 is 1.31 bits per heavy atom. The van der Waals surface area contributed by atoms with Crippen molar-refractivity contribution in [1.82, 2.24) is 4.98 Å². The Bertz CT molecular complexity index is 514. The van der Waals surface area contributed by atoms with Gasteiger partial charge in [0.2, 0.25) is 0 Å². The van der Waals surface area contributed by atoms with Crippen LogP contribution in [0, 0.1) is 5.82 Å². The molecule has 82 valence electrons. The smallest absolute Gasteiger partial charge is 0.137 e. The van der Waals surface area contributed by atoms with Crippen LogP contribution in [0.2, 0.25) is 0 Å². The first-order chi connectivity index (χ1) is 7.66. The predicted octanol–water partition coefficient (Wildman–Crippen LogP) is 3.16. The Kier molecular flexibility index (Phi) is 3.19. The van der Waals surface area contributed by atoms with E-state index in [1.54, 1.807) is 18.3 Å². The van der Waals surface area contributed by atoms with Crippen LogP contribution in [0.3, 0.4) is 0 Å². The van der Waals surface area contributed by atoms with Gasteiger partial charge >= 0.3 is 0 Å². The molecule has 4 heteroatoms. The van der Waals surface area contributed by atoms with E-state index in [0.717, 1.165) is 11.1 Å². The van der Waals surface area contributed by atoms with E-state index in [0.29, 0.717) is 16.7 Å². The van der Waals surface area contributed by atoms with Crippen LogP contribution in [0.1, 0.15) is 11.1 Å². The number of hydrogen-bond donors (Lipinski definition) is 1. The number of hydrogen-bond acceptors (Lipinski definition) is 2. The fraction of sp³-hybridized carbons (Fsp3) is 0.0833. The molecule has 0 saturated carbocycles. The van der Waals surface area contributed by atoms with Crippen molar-refractivity contribution < 1.29 is 4.39 Å². The number of aromatic nitrogens is 1. The Balaban J connectivity index is 2.28. The van der Waals surface area contributed by atoms with Crippen molar-refractivity contribution in [3.05, 3.63) is 57.9 Å². The second-order valence-corrected chi connectivity index (χ2v) is 4.33. The molecular formula is C12H10BrFN2. The van der Waals surface area contributed by atoms with Crippen LogP contribution in [0.4, 0.5) is 10.2 Å². The summed E-state index contributed by atoms with van der Waals surface area (Å²) in [6.07, 6.45) is 2.30. The summed E-state index contributed by atoms with van der Waals surface area (Å²) < 4.78 is 13.5. The molecule has 2 aromatic rings. The molecule has 2 nitrogen and oxygen atoms in total. The minimum absolute atomic E-state index is 0.261. The maximum absolute atomic E-state index is 13.0. The van der Waals surface area contributed by atoms with Gasteiger partial charge in [0, 0.05) is 12.6 Å². The van der Waals surface area contributed by atoms with Gasteiger partial charge in [-0.2, -0.15) is 0 Å². The van der Waals surface area contributed by atoms with E-state index in [-0.39, 0.29) is 5.82 Å². The third-order valence-corrected chi connectivity index (χ3v) is 2.91. The van der Waals surface area contributed by atoms with E-state index in [1.807, 2.05) is 12.1 Å². The van der Waals surface area contributed by atoms with Crippen molar-refractivity contribution in [3.63, 3.8) is 0 Å². The first kappa shape index (κ1) is 11.1. The van der Waals surface area contributed by atoms with Gasteiger partial charge < -0.3 is 5.73 Å². The topological polar surface area (TPSA) is 38.9 Å². The van der Waals surface area contributed by atoms with E-state index < -0.39 is 0 Å². The molecule has 2 rings (SSSR count). The lowest BCUT2D eigenvalue weighted by atomic mass is 10.1. The summed E-state index contributed by atoms with van der Waals surface area (Å²) in [6, 6.07) is 8.68. The highest BCUT2D eigenvalue weighted by Crippen LogP contribution is 2.20. The van der Waals surface area contributed by atoms with Crippen molar-refractivity contribution in [1.29, 1.82) is 0 Å². The van der Waals surface area contributed by atoms with Gasteiger partial charge in [0.1, 0.15) is 11.6 Å². The van der Waals surface area contributed by atoms with Crippen molar-refractivity contribution in [2.24, 2.45) is 0 Å². The summed E-state index contributed by atoms with van der Waals surface area (Å²) >= 11 is 3.16. The van der Waals surface area contributed by atoms with Crippen molar-refractivity contribution >= 4 is 21.7 Å². The van der Waals surface area contributed by atoms with E-state index in [1.165, 1.54) is 6.07 Å². The molecule has 0 aliphatic carbocycles. The third-order valence-electron chi connectivity index (χ3n) is 2.30. The molecule has 1 heterocycles. The SMILES string of the molecule is Nc1ncccc1Cc1ccc(F)c(Br)c1. The van der Waals surface area contributed by atoms with Gasteiger partial charge in [0.15, 0.2) is 0 Å². The normalized spacial score (nSPS) is 10.4. The molecule has 0 aliphatic rings. The largest absolute Gasteiger partial charge is 0.383 e. The fourth-order valence-corrected chi connectivity index (χ4v) is 1.90. The average Bonchev–Trinajstić information content (AvgIpc) is 2.27.